The van der Waals surface area contributed by atoms with Crippen molar-refractivity contribution in [2.75, 3.05) is 0 Å². The Balaban J connectivity index is 1.56. The van der Waals surface area contributed by atoms with Crippen LogP contribution in [0.1, 0.15) is 72.1 Å². The van der Waals surface area contributed by atoms with Crippen LogP contribution in [-0.4, -0.2) is 45.1 Å². The van der Waals surface area contributed by atoms with Crippen molar-refractivity contribution in [1.29, 1.82) is 0 Å². The number of carbonyl (C=O) groups excluding carboxylic acids is 3. The molecule has 0 radical (unpaired) electrons. The van der Waals surface area contributed by atoms with Crippen molar-refractivity contribution < 1.29 is 29.3 Å². The van der Waals surface area contributed by atoms with E-state index in [0.717, 1.165) is 24.8 Å². The van der Waals surface area contributed by atoms with E-state index in [1.54, 1.807) is 6.92 Å². The van der Waals surface area contributed by atoms with Crippen LogP contribution in [0, 0.1) is 28.6 Å². The highest BCUT2D eigenvalue weighted by molar-refractivity contribution is 5.99. The predicted molar refractivity (Wildman–Crippen MR) is 116 cm³/mol. The average Bonchev–Trinajstić information content (AvgIpc) is 3.03. The molecule has 0 amide bonds. The molecule has 0 aromatic rings. The molecule has 0 bridgehead atoms. The second-order valence-electron chi connectivity index (χ2n) is 11.2. The van der Waals surface area contributed by atoms with Crippen LogP contribution in [0.5, 0.6) is 0 Å². The van der Waals surface area contributed by atoms with Gasteiger partial charge in [-0.15, -0.1) is 0 Å². The molecule has 0 aromatic heterocycles. The minimum Gasteiger partial charge on any atom is -0.448 e. The van der Waals surface area contributed by atoms with Crippen molar-refractivity contribution in [3.63, 3.8) is 0 Å². The number of aliphatic hydroxyl groups is 2. The lowest BCUT2D eigenvalue weighted by Gasteiger charge is -2.60. The molecule has 8 atom stereocenters. The number of fused-ring (bicyclic) bond motifs is 5. The number of hydrogen-bond acceptors (Lipinski definition) is 6. The molecule has 1 aliphatic heterocycles. The fraction of sp³-hybridized carbons (Fsp3) is 0.731. The van der Waals surface area contributed by atoms with Crippen LogP contribution in [0.2, 0.25) is 0 Å². The van der Waals surface area contributed by atoms with Crippen LogP contribution in [-0.2, 0) is 19.1 Å². The van der Waals surface area contributed by atoms with Crippen LogP contribution < -0.4 is 0 Å². The molecule has 5 aliphatic rings. The summed E-state index contributed by atoms with van der Waals surface area (Å²) in [7, 11) is 0. The first-order valence-corrected chi connectivity index (χ1v) is 12.1. The Morgan fingerprint density at radius 2 is 1.81 bits per heavy atom. The lowest BCUT2D eigenvalue weighted by atomic mass is 9.46. The van der Waals surface area contributed by atoms with E-state index in [1.165, 1.54) is 0 Å². The van der Waals surface area contributed by atoms with Crippen molar-refractivity contribution >= 4 is 17.5 Å². The van der Waals surface area contributed by atoms with Crippen LogP contribution in [0.4, 0.5) is 0 Å². The molecule has 3 fully saturated rings. The highest BCUT2D eigenvalue weighted by Crippen LogP contribution is 2.68. The zero-order chi connectivity index (χ0) is 23.1. The molecule has 32 heavy (non-hydrogen) atoms. The molecule has 0 aromatic carbocycles. The quantitative estimate of drug-likeness (QED) is 0.638. The molecule has 6 nitrogen and oxygen atoms in total. The van der Waals surface area contributed by atoms with E-state index >= 15 is 0 Å². The maximum absolute atomic E-state index is 13.2. The summed E-state index contributed by atoms with van der Waals surface area (Å²) in [5, 5.41) is 22.6. The molecule has 4 aliphatic carbocycles. The zero-order valence-electron chi connectivity index (χ0n) is 19.2. The van der Waals surface area contributed by atoms with Gasteiger partial charge in [0.2, 0.25) is 11.4 Å². The topological polar surface area (TPSA) is 101 Å². The number of aliphatic hydroxyl groups excluding tert-OH is 1. The highest BCUT2D eigenvalue weighted by atomic mass is 16.6. The number of allylic oxidation sites excluding steroid dienone is 4. The molecule has 1 heterocycles. The Labute approximate surface area is 189 Å². The van der Waals surface area contributed by atoms with Crippen LogP contribution in [0.3, 0.4) is 0 Å². The highest BCUT2D eigenvalue weighted by Gasteiger charge is 2.73. The Hall–Kier alpha value is -1.79. The summed E-state index contributed by atoms with van der Waals surface area (Å²) in [6.45, 7) is 6.07. The molecule has 1 saturated heterocycles. The molecular formula is C26H34O6. The second kappa shape index (κ2) is 6.86. The second-order valence-corrected chi connectivity index (χ2v) is 11.2. The van der Waals surface area contributed by atoms with Crippen molar-refractivity contribution in [3.8, 4) is 0 Å². The van der Waals surface area contributed by atoms with Crippen LogP contribution in [0.15, 0.2) is 23.8 Å². The van der Waals surface area contributed by atoms with Gasteiger partial charge in [-0.25, -0.2) is 0 Å². The van der Waals surface area contributed by atoms with E-state index in [4.69, 9.17) is 4.74 Å². The third-order valence-corrected chi connectivity index (χ3v) is 10.2. The fourth-order valence-electron chi connectivity index (χ4n) is 8.31. The zero-order valence-corrected chi connectivity index (χ0v) is 19.2. The van der Waals surface area contributed by atoms with Crippen LogP contribution >= 0.6 is 0 Å². The summed E-state index contributed by atoms with van der Waals surface area (Å²) in [5.41, 5.74) is -2.78. The van der Waals surface area contributed by atoms with Gasteiger partial charge in [-0.2, -0.15) is 0 Å². The SMILES string of the molecule is CC[C@]1([C@]2(O)CCC3[C@H]4C=CC5=CC(=O)CC[C@]5(C)[C@@H]4CC[C@@]32C)OC(=O)CC(O)C1=O. The number of hydrogen-bond donors (Lipinski definition) is 2. The molecule has 5 rings (SSSR count). The van der Waals surface area contributed by atoms with Gasteiger partial charge < -0.3 is 14.9 Å². The van der Waals surface area contributed by atoms with E-state index in [-0.39, 0.29) is 35.9 Å². The number of Topliss-reactive ketones (excluding diaryl/α,β-unsaturated/α-hetero) is 1. The van der Waals surface area contributed by atoms with Gasteiger partial charge in [-0.1, -0.05) is 32.9 Å². The first kappa shape index (κ1) is 22.0. The summed E-state index contributed by atoms with van der Waals surface area (Å²) in [6, 6.07) is 0. The van der Waals surface area contributed by atoms with Gasteiger partial charge in [0, 0.05) is 11.8 Å². The minimum absolute atomic E-state index is 0.0544. The average molecular weight is 443 g/mol. The fourth-order valence-corrected chi connectivity index (χ4v) is 8.31. The van der Waals surface area contributed by atoms with Gasteiger partial charge >= 0.3 is 5.97 Å². The monoisotopic (exact) mass is 442 g/mol. The Bertz CT molecular complexity index is 950. The van der Waals surface area contributed by atoms with Crippen molar-refractivity contribution in [1.82, 2.24) is 0 Å². The number of cyclic esters (lactones) is 1. The Kier molecular flexibility index (Phi) is 4.72. The molecule has 2 N–H and O–H groups in total. The van der Waals surface area contributed by atoms with E-state index in [0.29, 0.717) is 25.2 Å². The molecule has 6 heteroatoms. The van der Waals surface area contributed by atoms with E-state index in [2.05, 4.69) is 19.1 Å². The smallest absolute Gasteiger partial charge is 0.309 e. The lowest BCUT2D eigenvalue weighted by Crippen LogP contribution is -2.71. The molecule has 0 spiro atoms. The predicted octanol–water partition coefficient (Wildman–Crippen LogP) is 3.05. The van der Waals surface area contributed by atoms with Gasteiger partial charge in [-0.3, -0.25) is 14.4 Å². The third kappa shape index (κ3) is 2.51. The van der Waals surface area contributed by atoms with E-state index in [9.17, 15) is 24.6 Å². The van der Waals surface area contributed by atoms with Gasteiger partial charge in [0.1, 0.15) is 11.7 Å². The molecular weight excluding hydrogens is 408 g/mol. The van der Waals surface area contributed by atoms with E-state index < -0.39 is 34.5 Å². The van der Waals surface area contributed by atoms with Gasteiger partial charge in [-0.05, 0) is 73.3 Å². The number of esters is 1. The Morgan fingerprint density at radius 3 is 2.53 bits per heavy atom. The largest absolute Gasteiger partial charge is 0.448 e. The van der Waals surface area contributed by atoms with Gasteiger partial charge in [0.15, 0.2) is 5.78 Å². The van der Waals surface area contributed by atoms with E-state index in [1.807, 2.05) is 13.0 Å². The van der Waals surface area contributed by atoms with Crippen molar-refractivity contribution in [3.05, 3.63) is 23.8 Å². The van der Waals surface area contributed by atoms with Crippen molar-refractivity contribution in [2.24, 2.45) is 28.6 Å². The minimum atomic E-state index is -1.71. The third-order valence-electron chi connectivity index (χ3n) is 10.2. The summed E-state index contributed by atoms with van der Waals surface area (Å²) in [4.78, 5) is 37.6. The standard InChI is InChI=1S/C26H34O6/c1-4-25(22(30)20(28)14-21(29)32-25)26(31)12-9-19-17-6-5-15-13-16(27)7-10-23(15,2)18(17)8-11-24(19,26)3/h5-6,13,17-20,28,31H,4,7-12,14H2,1-3H3/t17-,18+,19?,20?,23-,24-,25-,26-/m0/s1. The first-order chi connectivity index (χ1) is 15.0. The maximum Gasteiger partial charge on any atom is 0.309 e. The molecule has 2 saturated carbocycles. The summed E-state index contributed by atoms with van der Waals surface area (Å²) in [5.74, 6) is -0.260. The van der Waals surface area contributed by atoms with Crippen molar-refractivity contribution in [2.45, 2.75) is 89.4 Å². The Morgan fingerprint density at radius 1 is 1.09 bits per heavy atom. The number of rotatable bonds is 2. The lowest BCUT2D eigenvalue weighted by molar-refractivity contribution is -0.244. The van der Waals surface area contributed by atoms with Gasteiger partial charge in [0.05, 0.1) is 6.42 Å². The number of carbonyl (C=O) groups is 3. The summed E-state index contributed by atoms with van der Waals surface area (Å²) in [6.07, 6.45) is 8.59. The number of ether oxygens (including phenoxy) is 1. The maximum atomic E-state index is 13.2. The van der Waals surface area contributed by atoms with Gasteiger partial charge in [0.25, 0.3) is 0 Å². The summed E-state index contributed by atoms with van der Waals surface area (Å²) >= 11 is 0. The summed E-state index contributed by atoms with van der Waals surface area (Å²) < 4.78 is 5.70. The molecule has 2 unspecified atom stereocenters. The normalized spacial score (nSPS) is 50.3. The first-order valence-electron chi connectivity index (χ1n) is 12.1. The number of ketones is 2. The van der Waals surface area contributed by atoms with Crippen LogP contribution in [0.25, 0.3) is 0 Å². The molecule has 174 valence electrons.